The third-order valence-corrected chi connectivity index (χ3v) is 6.54. The first-order valence-corrected chi connectivity index (χ1v) is 11.4. The Morgan fingerprint density at radius 2 is 2.00 bits per heavy atom. The number of carboxylic acid groups (broad SMARTS) is 1. The molecule has 1 aromatic heterocycles. The van der Waals surface area contributed by atoms with E-state index in [1.807, 2.05) is 56.3 Å². The number of rotatable bonds is 10. The fourth-order valence-corrected chi connectivity index (χ4v) is 4.64. The number of benzene rings is 2. The van der Waals surface area contributed by atoms with Gasteiger partial charge < -0.3 is 14.6 Å². The van der Waals surface area contributed by atoms with E-state index in [4.69, 9.17) is 21.1 Å². The lowest BCUT2D eigenvalue weighted by Gasteiger charge is -2.15. The highest BCUT2D eigenvalue weighted by Crippen LogP contribution is 2.33. The fourth-order valence-electron chi connectivity index (χ4n) is 3.28. The van der Waals surface area contributed by atoms with Crippen LogP contribution < -0.4 is 4.74 Å². The minimum atomic E-state index is -0.947. The quantitative estimate of drug-likeness (QED) is 0.419. The van der Waals surface area contributed by atoms with Crippen LogP contribution in [0.3, 0.4) is 0 Å². The van der Waals surface area contributed by atoms with Crippen molar-refractivity contribution in [1.82, 2.24) is 4.98 Å². The Morgan fingerprint density at radius 1 is 1.23 bits per heavy atom. The SMILES string of the molecule is CCOC(Cc1ccc(OCCc2sc(-c3ccccc3Cl)nc2C)cc1C)C(=O)O. The van der Waals surface area contributed by atoms with Crippen LogP contribution in [0, 0.1) is 13.8 Å². The molecule has 0 saturated carbocycles. The van der Waals surface area contributed by atoms with Gasteiger partial charge in [-0.05, 0) is 50.1 Å². The summed E-state index contributed by atoms with van der Waals surface area (Å²) >= 11 is 7.94. The number of aliphatic carboxylic acids is 1. The Kier molecular flexibility index (Phi) is 8.07. The summed E-state index contributed by atoms with van der Waals surface area (Å²) in [7, 11) is 0. The number of hydrogen-bond donors (Lipinski definition) is 1. The number of hydrogen-bond acceptors (Lipinski definition) is 5. The maximum absolute atomic E-state index is 11.3. The molecule has 0 aliphatic carbocycles. The summed E-state index contributed by atoms with van der Waals surface area (Å²) in [4.78, 5) is 17.2. The maximum Gasteiger partial charge on any atom is 0.333 e. The molecule has 1 atom stereocenters. The monoisotopic (exact) mass is 459 g/mol. The van der Waals surface area contributed by atoms with E-state index in [-0.39, 0.29) is 0 Å². The van der Waals surface area contributed by atoms with E-state index in [1.165, 1.54) is 4.88 Å². The van der Waals surface area contributed by atoms with Gasteiger partial charge >= 0.3 is 5.97 Å². The molecule has 1 N–H and O–H groups in total. The van der Waals surface area contributed by atoms with Gasteiger partial charge in [0.25, 0.3) is 0 Å². The van der Waals surface area contributed by atoms with Gasteiger partial charge in [-0.3, -0.25) is 0 Å². The molecule has 2 aromatic carbocycles. The van der Waals surface area contributed by atoms with Crippen molar-refractivity contribution < 1.29 is 19.4 Å². The lowest BCUT2D eigenvalue weighted by Crippen LogP contribution is -2.26. The highest BCUT2D eigenvalue weighted by Gasteiger charge is 2.19. The van der Waals surface area contributed by atoms with E-state index < -0.39 is 12.1 Å². The first-order chi connectivity index (χ1) is 14.9. The minimum absolute atomic E-state index is 0.334. The maximum atomic E-state index is 11.3. The normalized spacial score (nSPS) is 12.0. The summed E-state index contributed by atoms with van der Waals surface area (Å²) in [6, 6.07) is 13.4. The molecule has 3 rings (SSSR count). The standard InChI is InChI=1S/C24H26ClNO4S/c1-4-29-21(24(27)28)14-17-9-10-18(13-15(17)2)30-12-11-22-16(3)26-23(31-22)19-7-5-6-8-20(19)25/h5-10,13,21H,4,11-12,14H2,1-3H3,(H,27,28). The summed E-state index contributed by atoms with van der Waals surface area (Å²) in [6.45, 7) is 6.65. The molecule has 1 unspecified atom stereocenters. The van der Waals surface area contributed by atoms with E-state index in [2.05, 4.69) is 4.98 Å². The number of carboxylic acids is 1. The number of carbonyl (C=O) groups is 1. The van der Waals surface area contributed by atoms with Crippen molar-refractivity contribution in [2.45, 2.75) is 39.7 Å². The molecule has 164 valence electrons. The van der Waals surface area contributed by atoms with Crippen molar-refractivity contribution in [3.8, 4) is 16.3 Å². The fraction of sp³-hybridized carbons (Fsp3) is 0.333. The Morgan fingerprint density at radius 3 is 2.68 bits per heavy atom. The Bertz CT molecular complexity index is 1050. The Hall–Kier alpha value is -2.41. The van der Waals surface area contributed by atoms with Gasteiger partial charge in [0.05, 0.1) is 17.3 Å². The predicted octanol–water partition coefficient (Wildman–Crippen LogP) is 5.73. The van der Waals surface area contributed by atoms with Crippen LogP contribution in [0.1, 0.15) is 28.6 Å². The Labute approximate surface area is 191 Å². The van der Waals surface area contributed by atoms with Crippen molar-refractivity contribution in [3.63, 3.8) is 0 Å². The third kappa shape index (κ3) is 6.06. The van der Waals surface area contributed by atoms with Gasteiger partial charge in [0.15, 0.2) is 6.10 Å². The molecule has 0 bridgehead atoms. The van der Waals surface area contributed by atoms with Crippen LogP contribution in [0.15, 0.2) is 42.5 Å². The number of ether oxygens (including phenoxy) is 2. The lowest BCUT2D eigenvalue weighted by atomic mass is 10.0. The predicted molar refractivity (Wildman–Crippen MR) is 124 cm³/mol. The van der Waals surface area contributed by atoms with Gasteiger partial charge in [-0.1, -0.05) is 35.9 Å². The van der Waals surface area contributed by atoms with E-state index in [1.54, 1.807) is 18.3 Å². The van der Waals surface area contributed by atoms with Crippen LogP contribution in [0.25, 0.3) is 10.6 Å². The van der Waals surface area contributed by atoms with Gasteiger partial charge in [-0.25, -0.2) is 9.78 Å². The van der Waals surface area contributed by atoms with Crippen LogP contribution in [0.4, 0.5) is 0 Å². The first-order valence-electron chi connectivity index (χ1n) is 10.2. The van der Waals surface area contributed by atoms with Crippen molar-refractivity contribution in [3.05, 3.63) is 69.2 Å². The second-order valence-corrected chi connectivity index (χ2v) is 8.67. The van der Waals surface area contributed by atoms with Crippen molar-refractivity contribution in [2.75, 3.05) is 13.2 Å². The molecule has 0 radical (unpaired) electrons. The summed E-state index contributed by atoms with van der Waals surface area (Å²) in [5.74, 6) is -0.185. The van der Waals surface area contributed by atoms with E-state index >= 15 is 0 Å². The molecular formula is C24H26ClNO4S. The number of aromatic nitrogens is 1. The second-order valence-electron chi connectivity index (χ2n) is 7.18. The molecule has 1 heterocycles. The van der Waals surface area contributed by atoms with Crippen LogP contribution in [-0.4, -0.2) is 35.4 Å². The molecule has 0 aliphatic heterocycles. The smallest absolute Gasteiger partial charge is 0.333 e. The zero-order chi connectivity index (χ0) is 22.4. The van der Waals surface area contributed by atoms with E-state index in [9.17, 15) is 9.90 Å². The molecule has 0 amide bonds. The number of halogens is 1. The number of nitrogens with zero attached hydrogens (tertiary/aromatic N) is 1. The molecule has 7 heteroatoms. The van der Waals surface area contributed by atoms with Crippen LogP contribution in [0.5, 0.6) is 5.75 Å². The molecule has 31 heavy (non-hydrogen) atoms. The highest BCUT2D eigenvalue weighted by atomic mass is 35.5. The average molecular weight is 460 g/mol. The molecule has 0 aliphatic rings. The molecular weight excluding hydrogens is 434 g/mol. The van der Waals surface area contributed by atoms with Gasteiger partial charge in [0.1, 0.15) is 10.8 Å². The average Bonchev–Trinajstić information content (AvgIpc) is 3.10. The molecule has 3 aromatic rings. The van der Waals surface area contributed by atoms with Gasteiger partial charge in [0, 0.05) is 29.9 Å². The number of aryl methyl sites for hydroxylation is 2. The zero-order valence-electron chi connectivity index (χ0n) is 17.9. The number of thiazole rings is 1. The van der Waals surface area contributed by atoms with Gasteiger partial charge in [-0.15, -0.1) is 11.3 Å². The van der Waals surface area contributed by atoms with Crippen LogP contribution in [0.2, 0.25) is 5.02 Å². The lowest BCUT2D eigenvalue weighted by molar-refractivity contribution is -0.149. The molecule has 0 spiro atoms. The first kappa shape index (κ1) is 23.3. The van der Waals surface area contributed by atoms with Gasteiger partial charge in [-0.2, -0.15) is 0 Å². The molecule has 0 saturated heterocycles. The van der Waals surface area contributed by atoms with Crippen molar-refractivity contribution in [1.29, 1.82) is 0 Å². The summed E-state index contributed by atoms with van der Waals surface area (Å²) in [5, 5.41) is 10.9. The molecule has 0 fully saturated rings. The highest BCUT2D eigenvalue weighted by molar-refractivity contribution is 7.15. The summed E-state index contributed by atoms with van der Waals surface area (Å²) in [5.41, 5.74) is 3.86. The van der Waals surface area contributed by atoms with E-state index in [0.717, 1.165) is 39.6 Å². The van der Waals surface area contributed by atoms with E-state index in [0.29, 0.717) is 24.7 Å². The minimum Gasteiger partial charge on any atom is -0.493 e. The zero-order valence-corrected chi connectivity index (χ0v) is 19.4. The summed E-state index contributed by atoms with van der Waals surface area (Å²) in [6.07, 6.45) is 0.248. The largest absolute Gasteiger partial charge is 0.493 e. The molecule has 5 nitrogen and oxygen atoms in total. The second kappa shape index (κ2) is 10.8. The third-order valence-electron chi connectivity index (χ3n) is 4.96. The summed E-state index contributed by atoms with van der Waals surface area (Å²) < 4.78 is 11.3. The van der Waals surface area contributed by atoms with Gasteiger partial charge in [0.2, 0.25) is 0 Å². The van der Waals surface area contributed by atoms with Crippen LogP contribution >= 0.6 is 22.9 Å². The Balaban J connectivity index is 1.60. The van der Waals surface area contributed by atoms with Crippen molar-refractivity contribution in [2.24, 2.45) is 0 Å². The van der Waals surface area contributed by atoms with Crippen LogP contribution in [-0.2, 0) is 22.4 Å². The van der Waals surface area contributed by atoms with Crippen molar-refractivity contribution >= 4 is 28.9 Å². The topological polar surface area (TPSA) is 68.7 Å².